The first-order valence-corrected chi connectivity index (χ1v) is 6.39. The molecule has 6 heteroatoms. The summed E-state index contributed by atoms with van der Waals surface area (Å²) < 4.78 is 0. The number of hydrogen-bond donors (Lipinski definition) is 2. The molecule has 19 heavy (non-hydrogen) atoms. The van der Waals surface area contributed by atoms with Crippen molar-refractivity contribution < 1.29 is 9.59 Å². The van der Waals surface area contributed by atoms with Crippen LogP contribution in [0.4, 0.5) is 10.6 Å². The van der Waals surface area contributed by atoms with Crippen molar-refractivity contribution in [2.75, 3.05) is 18.4 Å². The van der Waals surface area contributed by atoms with Gasteiger partial charge in [-0.2, -0.15) is 0 Å². The van der Waals surface area contributed by atoms with E-state index in [2.05, 4.69) is 17.2 Å². The molecule has 0 radical (unpaired) electrons. The minimum absolute atomic E-state index is 0.144. The first-order chi connectivity index (χ1) is 9.06. The Kier molecular flexibility index (Phi) is 3.99. The number of nitrogens with one attached hydrogen (secondary N) is 1. The number of hydrogen-bond acceptors (Lipinski definition) is 3. The number of likely N-dealkylation sites (tertiary alicyclic amines) is 1. The molecule has 2 rings (SSSR count). The Morgan fingerprint density at radius 3 is 2.68 bits per heavy atom. The lowest BCUT2D eigenvalue weighted by Crippen LogP contribution is -2.40. The molecule has 102 valence electrons. The molecule has 1 aliphatic rings. The van der Waals surface area contributed by atoms with Gasteiger partial charge in [-0.3, -0.25) is 10.1 Å². The molecule has 1 saturated heterocycles. The van der Waals surface area contributed by atoms with E-state index in [0.29, 0.717) is 11.7 Å². The molecule has 0 atom stereocenters. The van der Waals surface area contributed by atoms with Crippen molar-refractivity contribution in [1.29, 1.82) is 0 Å². The fourth-order valence-corrected chi connectivity index (χ4v) is 2.04. The number of primary amides is 1. The van der Waals surface area contributed by atoms with Crippen molar-refractivity contribution in [3.05, 3.63) is 23.9 Å². The summed E-state index contributed by atoms with van der Waals surface area (Å²) in [5.74, 6) is 0.406. The number of amides is 3. The SMILES string of the molecule is CC1CCN(C(=O)Nc2cccc(C(N)=O)n2)CC1. The molecule has 0 unspecified atom stereocenters. The van der Waals surface area contributed by atoms with E-state index in [1.54, 1.807) is 17.0 Å². The monoisotopic (exact) mass is 262 g/mol. The Hall–Kier alpha value is -2.11. The normalized spacial score (nSPS) is 16.2. The first kappa shape index (κ1) is 13.3. The van der Waals surface area contributed by atoms with Crippen molar-refractivity contribution in [2.45, 2.75) is 19.8 Å². The zero-order valence-corrected chi connectivity index (χ0v) is 10.9. The lowest BCUT2D eigenvalue weighted by Gasteiger charge is -2.30. The lowest BCUT2D eigenvalue weighted by atomic mass is 10.00. The summed E-state index contributed by atoms with van der Waals surface area (Å²) in [6.07, 6.45) is 2.03. The van der Waals surface area contributed by atoms with Gasteiger partial charge in [0.25, 0.3) is 5.91 Å². The molecule has 0 spiro atoms. The highest BCUT2D eigenvalue weighted by Gasteiger charge is 2.20. The molecular weight excluding hydrogens is 244 g/mol. The van der Waals surface area contributed by atoms with Crippen molar-refractivity contribution in [3.8, 4) is 0 Å². The molecule has 1 aliphatic heterocycles. The van der Waals surface area contributed by atoms with Gasteiger partial charge in [-0.25, -0.2) is 9.78 Å². The van der Waals surface area contributed by atoms with Gasteiger partial charge in [0.05, 0.1) is 0 Å². The van der Waals surface area contributed by atoms with Crippen LogP contribution < -0.4 is 11.1 Å². The minimum atomic E-state index is -0.608. The number of carbonyl (C=O) groups excluding carboxylic acids is 2. The lowest BCUT2D eigenvalue weighted by molar-refractivity contribution is 0.0995. The number of carbonyl (C=O) groups is 2. The van der Waals surface area contributed by atoms with Crippen molar-refractivity contribution >= 4 is 17.8 Å². The highest BCUT2D eigenvalue weighted by atomic mass is 16.2. The van der Waals surface area contributed by atoms with Crippen LogP contribution in [0.25, 0.3) is 0 Å². The van der Waals surface area contributed by atoms with E-state index in [4.69, 9.17) is 5.73 Å². The second-order valence-corrected chi connectivity index (χ2v) is 4.87. The van der Waals surface area contributed by atoms with Crippen LogP contribution >= 0.6 is 0 Å². The van der Waals surface area contributed by atoms with Gasteiger partial charge in [0.1, 0.15) is 11.5 Å². The molecule has 1 aromatic rings. The number of nitrogens with two attached hydrogens (primary N) is 1. The van der Waals surface area contributed by atoms with Crippen molar-refractivity contribution in [3.63, 3.8) is 0 Å². The Morgan fingerprint density at radius 1 is 1.37 bits per heavy atom. The maximum Gasteiger partial charge on any atom is 0.323 e. The predicted molar refractivity (Wildman–Crippen MR) is 71.7 cm³/mol. The van der Waals surface area contributed by atoms with E-state index in [1.807, 2.05) is 0 Å². The summed E-state index contributed by atoms with van der Waals surface area (Å²) in [6, 6.07) is 4.61. The number of anilines is 1. The summed E-state index contributed by atoms with van der Waals surface area (Å²) in [5, 5.41) is 2.69. The van der Waals surface area contributed by atoms with Crippen LogP contribution in [0.5, 0.6) is 0 Å². The fraction of sp³-hybridized carbons (Fsp3) is 0.462. The van der Waals surface area contributed by atoms with Crippen LogP contribution in [0.1, 0.15) is 30.3 Å². The number of urea groups is 1. The summed E-state index contributed by atoms with van der Waals surface area (Å²) >= 11 is 0. The van der Waals surface area contributed by atoms with Crippen LogP contribution in [-0.4, -0.2) is 34.9 Å². The van der Waals surface area contributed by atoms with Gasteiger partial charge in [0, 0.05) is 13.1 Å². The average molecular weight is 262 g/mol. The summed E-state index contributed by atoms with van der Waals surface area (Å²) in [6.45, 7) is 3.69. The Labute approximate surface area is 112 Å². The Balaban J connectivity index is 1.98. The van der Waals surface area contributed by atoms with E-state index in [1.165, 1.54) is 6.07 Å². The molecule has 3 N–H and O–H groups in total. The molecular formula is C13H18N4O2. The van der Waals surface area contributed by atoms with Crippen LogP contribution in [0, 0.1) is 5.92 Å². The Bertz CT molecular complexity index is 481. The highest BCUT2D eigenvalue weighted by molar-refractivity contribution is 5.92. The molecule has 3 amide bonds. The summed E-state index contributed by atoms with van der Waals surface area (Å²) in [7, 11) is 0. The number of rotatable bonds is 2. The minimum Gasteiger partial charge on any atom is -0.364 e. The summed E-state index contributed by atoms with van der Waals surface area (Å²) in [4.78, 5) is 28.8. The standard InChI is InChI=1S/C13H18N4O2/c1-9-5-7-17(8-6-9)13(19)16-11-4-2-3-10(15-11)12(14)18/h2-4,9H,5-8H2,1H3,(H2,14,18)(H,15,16,19). The molecule has 6 nitrogen and oxygen atoms in total. The topological polar surface area (TPSA) is 88.3 Å². The maximum absolute atomic E-state index is 12.0. The van der Waals surface area contributed by atoms with E-state index >= 15 is 0 Å². The quantitative estimate of drug-likeness (QED) is 0.845. The summed E-state index contributed by atoms with van der Waals surface area (Å²) in [5.41, 5.74) is 5.29. The van der Waals surface area contributed by atoms with Gasteiger partial charge in [0.15, 0.2) is 0 Å². The average Bonchev–Trinajstić information content (AvgIpc) is 2.39. The smallest absolute Gasteiger partial charge is 0.323 e. The molecule has 1 aromatic heterocycles. The predicted octanol–water partition coefficient (Wildman–Crippen LogP) is 1.44. The molecule has 1 fully saturated rings. The second kappa shape index (κ2) is 5.69. The van der Waals surface area contributed by atoms with Gasteiger partial charge in [-0.1, -0.05) is 13.0 Å². The molecule has 0 bridgehead atoms. The zero-order valence-electron chi connectivity index (χ0n) is 10.9. The number of nitrogens with zero attached hydrogens (tertiary/aromatic N) is 2. The Morgan fingerprint density at radius 2 is 2.05 bits per heavy atom. The van der Waals surface area contributed by atoms with E-state index < -0.39 is 5.91 Å². The third-order valence-corrected chi connectivity index (χ3v) is 3.31. The van der Waals surface area contributed by atoms with Gasteiger partial charge < -0.3 is 10.6 Å². The molecule has 0 saturated carbocycles. The van der Waals surface area contributed by atoms with Crippen LogP contribution in [-0.2, 0) is 0 Å². The molecule has 0 aliphatic carbocycles. The van der Waals surface area contributed by atoms with Crippen molar-refractivity contribution in [2.24, 2.45) is 11.7 Å². The molecule has 0 aromatic carbocycles. The van der Waals surface area contributed by atoms with Gasteiger partial charge >= 0.3 is 6.03 Å². The largest absolute Gasteiger partial charge is 0.364 e. The van der Waals surface area contributed by atoms with Gasteiger partial charge in [-0.05, 0) is 30.9 Å². The first-order valence-electron chi connectivity index (χ1n) is 6.39. The van der Waals surface area contributed by atoms with E-state index in [0.717, 1.165) is 25.9 Å². The van der Waals surface area contributed by atoms with Crippen LogP contribution in [0.2, 0.25) is 0 Å². The van der Waals surface area contributed by atoms with E-state index in [-0.39, 0.29) is 11.7 Å². The number of piperidine rings is 1. The van der Waals surface area contributed by atoms with Gasteiger partial charge in [0.2, 0.25) is 0 Å². The third kappa shape index (κ3) is 3.43. The zero-order chi connectivity index (χ0) is 13.8. The number of aromatic nitrogens is 1. The van der Waals surface area contributed by atoms with Crippen molar-refractivity contribution in [1.82, 2.24) is 9.88 Å². The van der Waals surface area contributed by atoms with E-state index in [9.17, 15) is 9.59 Å². The van der Waals surface area contributed by atoms with Gasteiger partial charge in [-0.15, -0.1) is 0 Å². The highest BCUT2D eigenvalue weighted by Crippen LogP contribution is 2.16. The molecule has 2 heterocycles. The third-order valence-electron chi connectivity index (χ3n) is 3.31. The fourth-order valence-electron chi connectivity index (χ4n) is 2.04. The van der Waals surface area contributed by atoms with Crippen LogP contribution in [0.15, 0.2) is 18.2 Å². The van der Waals surface area contributed by atoms with Crippen LogP contribution in [0.3, 0.4) is 0 Å². The second-order valence-electron chi connectivity index (χ2n) is 4.87. The number of pyridine rings is 1. The maximum atomic E-state index is 12.0.